The number of nitrogens with one attached hydrogen (secondary N) is 1. The SMILES string of the molecule is CC1(C)CC(Nc2cc(F)cc(Cl)c2)CCO1. The lowest BCUT2D eigenvalue weighted by molar-refractivity contribution is -0.0553. The molecule has 17 heavy (non-hydrogen) atoms. The highest BCUT2D eigenvalue weighted by Gasteiger charge is 2.28. The van der Waals surface area contributed by atoms with Gasteiger partial charge in [-0.25, -0.2) is 4.39 Å². The van der Waals surface area contributed by atoms with Gasteiger partial charge in [0, 0.05) is 23.4 Å². The van der Waals surface area contributed by atoms with E-state index >= 15 is 0 Å². The lowest BCUT2D eigenvalue weighted by Crippen LogP contribution is -2.40. The van der Waals surface area contributed by atoms with Crippen molar-refractivity contribution < 1.29 is 9.13 Å². The van der Waals surface area contributed by atoms with Gasteiger partial charge in [0.2, 0.25) is 0 Å². The van der Waals surface area contributed by atoms with Gasteiger partial charge in [0.05, 0.1) is 5.60 Å². The van der Waals surface area contributed by atoms with Gasteiger partial charge in [-0.15, -0.1) is 0 Å². The van der Waals surface area contributed by atoms with Crippen LogP contribution >= 0.6 is 11.6 Å². The second kappa shape index (κ2) is 4.83. The maximum Gasteiger partial charge on any atom is 0.126 e. The van der Waals surface area contributed by atoms with Gasteiger partial charge in [-0.3, -0.25) is 0 Å². The first kappa shape index (κ1) is 12.7. The third-order valence-corrected chi connectivity index (χ3v) is 3.15. The minimum atomic E-state index is -0.314. The lowest BCUT2D eigenvalue weighted by atomic mass is 9.94. The van der Waals surface area contributed by atoms with Gasteiger partial charge in [-0.2, -0.15) is 0 Å². The molecule has 1 unspecified atom stereocenters. The Morgan fingerprint density at radius 2 is 2.18 bits per heavy atom. The van der Waals surface area contributed by atoms with Crippen molar-refractivity contribution in [3.63, 3.8) is 0 Å². The number of rotatable bonds is 2. The molecule has 0 saturated carbocycles. The van der Waals surface area contributed by atoms with Gasteiger partial charge >= 0.3 is 0 Å². The molecular formula is C13H17ClFNO. The zero-order chi connectivity index (χ0) is 12.5. The van der Waals surface area contributed by atoms with E-state index in [-0.39, 0.29) is 11.4 Å². The summed E-state index contributed by atoms with van der Waals surface area (Å²) in [4.78, 5) is 0. The van der Waals surface area contributed by atoms with Gasteiger partial charge < -0.3 is 10.1 Å². The molecule has 1 aromatic carbocycles. The Kier molecular flexibility index (Phi) is 3.59. The van der Waals surface area contributed by atoms with Crippen molar-refractivity contribution in [2.45, 2.75) is 38.3 Å². The summed E-state index contributed by atoms with van der Waals surface area (Å²) < 4.78 is 18.8. The maximum atomic E-state index is 13.2. The molecular weight excluding hydrogens is 241 g/mol. The summed E-state index contributed by atoms with van der Waals surface area (Å²) in [5, 5.41) is 3.73. The Hall–Kier alpha value is -0.800. The molecule has 1 saturated heterocycles. The van der Waals surface area contributed by atoms with Crippen LogP contribution in [0.5, 0.6) is 0 Å². The van der Waals surface area contributed by atoms with Crippen LogP contribution < -0.4 is 5.32 Å². The summed E-state index contributed by atoms with van der Waals surface area (Å²) in [6.07, 6.45) is 1.83. The standard InChI is InChI=1S/C13H17ClFNO/c1-13(2)8-11(3-4-17-13)16-12-6-9(14)5-10(15)7-12/h5-7,11,16H,3-4,8H2,1-2H3. The monoisotopic (exact) mass is 257 g/mol. The molecule has 0 spiro atoms. The third kappa shape index (κ3) is 3.58. The molecule has 94 valence electrons. The largest absolute Gasteiger partial charge is 0.382 e. The summed E-state index contributed by atoms with van der Waals surface area (Å²) in [6.45, 7) is 4.87. The predicted molar refractivity (Wildman–Crippen MR) is 68.1 cm³/mol. The number of benzene rings is 1. The summed E-state index contributed by atoms with van der Waals surface area (Å²) >= 11 is 5.82. The Morgan fingerprint density at radius 3 is 2.82 bits per heavy atom. The maximum absolute atomic E-state index is 13.2. The topological polar surface area (TPSA) is 21.3 Å². The number of ether oxygens (including phenoxy) is 1. The molecule has 0 radical (unpaired) electrons. The first-order chi connectivity index (χ1) is 7.94. The average Bonchev–Trinajstić information content (AvgIpc) is 2.13. The van der Waals surface area contributed by atoms with Crippen LogP contribution in [0.1, 0.15) is 26.7 Å². The Labute approximate surface area is 106 Å². The number of halogens is 2. The van der Waals surface area contributed by atoms with E-state index in [0.29, 0.717) is 11.1 Å². The molecule has 0 bridgehead atoms. The minimum absolute atomic E-state index is 0.118. The van der Waals surface area contributed by atoms with E-state index in [2.05, 4.69) is 19.2 Å². The van der Waals surface area contributed by atoms with Crippen LogP contribution in [0.4, 0.5) is 10.1 Å². The molecule has 1 atom stereocenters. The van der Waals surface area contributed by atoms with Crippen molar-refractivity contribution in [3.05, 3.63) is 29.0 Å². The fourth-order valence-electron chi connectivity index (χ4n) is 2.23. The van der Waals surface area contributed by atoms with Gasteiger partial charge in [0.1, 0.15) is 5.82 Å². The zero-order valence-electron chi connectivity index (χ0n) is 10.1. The molecule has 1 fully saturated rings. The Morgan fingerprint density at radius 1 is 1.41 bits per heavy atom. The quantitative estimate of drug-likeness (QED) is 0.869. The number of hydrogen-bond donors (Lipinski definition) is 1. The first-order valence-electron chi connectivity index (χ1n) is 5.81. The van der Waals surface area contributed by atoms with Crippen LogP contribution in [0.25, 0.3) is 0 Å². The molecule has 2 nitrogen and oxygen atoms in total. The van der Waals surface area contributed by atoms with E-state index in [1.54, 1.807) is 6.07 Å². The fraction of sp³-hybridized carbons (Fsp3) is 0.538. The van der Waals surface area contributed by atoms with Gasteiger partial charge in [0.15, 0.2) is 0 Å². The Balaban J connectivity index is 2.05. The van der Waals surface area contributed by atoms with Crippen LogP contribution in [0.3, 0.4) is 0 Å². The second-order valence-electron chi connectivity index (χ2n) is 5.10. The van der Waals surface area contributed by atoms with Crippen LogP contribution in [0, 0.1) is 5.82 Å². The minimum Gasteiger partial charge on any atom is -0.382 e. The van der Waals surface area contributed by atoms with E-state index in [1.807, 2.05) is 0 Å². The van der Waals surface area contributed by atoms with E-state index < -0.39 is 0 Å². The highest BCUT2D eigenvalue weighted by molar-refractivity contribution is 6.30. The van der Waals surface area contributed by atoms with E-state index in [9.17, 15) is 4.39 Å². The van der Waals surface area contributed by atoms with E-state index in [0.717, 1.165) is 25.1 Å². The van der Waals surface area contributed by atoms with Crippen molar-refractivity contribution in [2.24, 2.45) is 0 Å². The zero-order valence-corrected chi connectivity index (χ0v) is 10.9. The summed E-state index contributed by atoms with van der Waals surface area (Å²) in [7, 11) is 0. The number of hydrogen-bond acceptors (Lipinski definition) is 2. The first-order valence-corrected chi connectivity index (χ1v) is 6.19. The molecule has 1 aliphatic heterocycles. The predicted octanol–water partition coefficient (Wildman–Crippen LogP) is 3.85. The van der Waals surface area contributed by atoms with Crippen molar-refractivity contribution in [1.29, 1.82) is 0 Å². The highest BCUT2D eigenvalue weighted by Crippen LogP contribution is 2.27. The van der Waals surface area contributed by atoms with Crippen LogP contribution in [-0.4, -0.2) is 18.2 Å². The Bertz CT molecular complexity index is 388. The fourth-order valence-corrected chi connectivity index (χ4v) is 2.45. The van der Waals surface area contributed by atoms with E-state index in [1.165, 1.54) is 12.1 Å². The lowest BCUT2D eigenvalue weighted by Gasteiger charge is -2.36. The van der Waals surface area contributed by atoms with Crippen molar-refractivity contribution >= 4 is 17.3 Å². The summed E-state index contributed by atoms with van der Waals surface area (Å²) in [5.74, 6) is -0.314. The normalized spacial score (nSPS) is 23.4. The van der Waals surface area contributed by atoms with Crippen molar-refractivity contribution in [2.75, 3.05) is 11.9 Å². The summed E-state index contributed by atoms with van der Waals surface area (Å²) in [5.41, 5.74) is 0.616. The molecule has 4 heteroatoms. The molecule has 2 rings (SSSR count). The number of anilines is 1. The van der Waals surface area contributed by atoms with Crippen LogP contribution in [-0.2, 0) is 4.74 Å². The summed E-state index contributed by atoms with van der Waals surface area (Å²) in [6, 6.07) is 4.82. The van der Waals surface area contributed by atoms with E-state index in [4.69, 9.17) is 16.3 Å². The highest BCUT2D eigenvalue weighted by atomic mass is 35.5. The molecule has 1 N–H and O–H groups in total. The molecule has 1 heterocycles. The van der Waals surface area contributed by atoms with Crippen LogP contribution in [0.2, 0.25) is 5.02 Å². The third-order valence-electron chi connectivity index (χ3n) is 2.93. The average molecular weight is 258 g/mol. The molecule has 1 aromatic rings. The molecule has 0 aromatic heterocycles. The van der Waals surface area contributed by atoms with Gasteiger partial charge in [-0.1, -0.05) is 11.6 Å². The molecule has 0 amide bonds. The van der Waals surface area contributed by atoms with Gasteiger partial charge in [-0.05, 0) is 44.9 Å². The molecule has 0 aliphatic carbocycles. The second-order valence-corrected chi connectivity index (χ2v) is 5.54. The molecule has 1 aliphatic rings. The smallest absolute Gasteiger partial charge is 0.126 e. The van der Waals surface area contributed by atoms with Gasteiger partial charge in [0.25, 0.3) is 0 Å². The van der Waals surface area contributed by atoms with Crippen LogP contribution in [0.15, 0.2) is 18.2 Å². The van der Waals surface area contributed by atoms with Crippen molar-refractivity contribution in [1.82, 2.24) is 0 Å². The van der Waals surface area contributed by atoms with Crippen molar-refractivity contribution in [3.8, 4) is 0 Å².